The molecule has 8 heteroatoms. The summed E-state index contributed by atoms with van der Waals surface area (Å²) in [5, 5.41) is 7.01. The molecular weight excluding hydrogens is 350 g/mol. The van der Waals surface area contributed by atoms with Gasteiger partial charge in [0, 0.05) is 36.9 Å². The van der Waals surface area contributed by atoms with E-state index in [1.54, 1.807) is 16.4 Å². The van der Waals surface area contributed by atoms with Gasteiger partial charge in [0.05, 0.1) is 5.75 Å². The fourth-order valence-electron chi connectivity index (χ4n) is 3.23. The SMILES string of the molecule is C[C@@]1(CS(=O)(=O)N2CCC(Oc3cccc(Cl)c3)CC2)CNCN1. The molecule has 0 radical (unpaired) electrons. The minimum absolute atomic E-state index is 0.0248. The summed E-state index contributed by atoms with van der Waals surface area (Å²) in [4.78, 5) is 0. The van der Waals surface area contributed by atoms with Crippen molar-refractivity contribution >= 4 is 21.6 Å². The van der Waals surface area contributed by atoms with E-state index in [2.05, 4.69) is 10.6 Å². The molecule has 0 aromatic heterocycles. The van der Waals surface area contributed by atoms with Crippen LogP contribution in [0.15, 0.2) is 24.3 Å². The van der Waals surface area contributed by atoms with Gasteiger partial charge in [0.25, 0.3) is 0 Å². The first-order chi connectivity index (χ1) is 11.4. The number of rotatable bonds is 5. The number of nitrogens with one attached hydrogen (secondary N) is 2. The number of benzene rings is 1. The summed E-state index contributed by atoms with van der Waals surface area (Å²) in [6.45, 7) is 4.26. The largest absolute Gasteiger partial charge is 0.490 e. The van der Waals surface area contributed by atoms with Crippen molar-refractivity contribution in [3.63, 3.8) is 0 Å². The van der Waals surface area contributed by atoms with Crippen LogP contribution in [-0.2, 0) is 10.0 Å². The van der Waals surface area contributed by atoms with E-state index in [1.807, 2.05) is 19.1 Å². The van der Waals surface area contributed by atoms with Gasteiger partial charge in [0.15, 0.2) is 0 Å². The van der Waals surface area contributed by atoms with E-state index in [9.17, 15) is 8.42 Å². The van der Waals surface area contributed by atoms with Crippen LogP contribution in [0.4, 0.5) is 0 Å². The first-order valence-electron chi connectivity index (χ1n) is 8.22. The zero-order chi connectivity index (χ0) is 17.2. The van der Waals surface area contributed by atoms with Crippen LogP contribution in [0.1, 0.15) is 19.8 Å². The summed E-state index contributed by atoms with van der Waals surface area (Å²) in [5.41, 5.74) is -0.396. The minimum atomic E-state index is -3.27. The topological polar surface area (TPSA) is 70.7 Å². The molecule has 1 aromatic rings. The maximum Gasteiger partial charge on any atom is 0.215 e. The minimum Gasteiger partial charge on any atom is -0.490 e. The number of nitrogens with zero attached hydrogens (tertiary/aromatic N) is 1. The zero-order valence-corrected chi connectivity index (χ0v) is 15.4. The molecule has 1 atom stereocenters. The van der Waals surface area contributed by atoms with Gasteiger partial charge in [-0.15, -0.1) is 0 Å². The Morgan fingerprint density at radius 1 is 1.38 bits per heavy atom. The fourth-order valence-corrected chi connectivity index (χ4v) is 5.37. The van der Waals surface area contributed by atoms with Crippen LogP contribution in [0.5, 0.6) is 5.75 Å². The lowest BCUT2D eigenvalue weighted by atomic mass is 10.1. The van der Waals surface area contributed by atoms with E-state index < -0.39 is 15.6 Å². The van der Waals surface area contributed by atoms with Gasteiger partial charge < -0.3 is 10.1 Å². The Morgan fingerprint density at radius 2 is 2.12 bits per heavy atom. The van der Waals surface area contributed by atoms with Crippen molar-refractivity contribution in [2.24, 2.45) is 0 Å². The summed E-state index contributed by atoms with van der Waals surface area (Å²) < 4.78 is 32.8. The third-order valence-corrected chi connectivity index (χ3v) is 6.94. The van der Waals surface area contributed by atoms with E-state index >= 15 is 0 Å². The molecule has 2 heterocycles. The van der Waals surface area contributed by atoms with Gasteiger partial charge in [0.1, 0.15) is 11.9 Å². The maximum absolute atomic E-state index is 12.7. The van der Waals surface area contributed by atoms with Crippen molar-refractivity contribution in [3.05, 3.63) is 29.3 Å². The van der Waals surface area contributed by atoms with Crippen LogP contribution >= 0.6 is 11.6 Å². The summed E-state index contributed by atoms with van der Waals surface area (Å²) in [6, 6.07) is 7.30. The van der Waals surface area contributed by atoms with Crippen molar-refractivity contribution in [2.45, 2.75) is 31.4 Å². The standard InChI is InChI=1S/C16H24ClN3O3S/c1-16(10-18-12-19-16)11-24(21,22)20-7-5-14(6-8-20)23-15-4-2-3-13(17)9-15/h2-4,9,14,18-19H,5-8,10-12H2,1H3/t16-/m0/s1. The van der Waals surface area contributed by atoms with Crippen molar-refractivity contribution in [3.8, 4) is 5.75 Å². The highest BCUT2D eigenvalue weighted by molar-refractivity contribution is 7.89. The van der Waals surface area contributed by atoms with Crippen LogP contribution in [0.3, 0.4) is 0 Å². The molecular formula is C16H24ClN3O3S. The molecule has 0 bridgehead atoms. The van der Waals surface area contributed by atoms with Crippen molar-refractivity contribution < 1.29 is 13.2 Å². The van der Waals surface area contributed by atoms with Crippen LogP contribution in [0.2, 0.25) is 5.02 Å². The molecule has 6 nitrogen and oxygen atoms in total. The summed E-state index contributed by atoms with van der Waals surface area (Å²) in [6.07, 6.45) is 1.40. The molecule has 0 saturated carbocycles. The summed E-state index contributed by atoms with van der Waals surface area (Å²) in [5.74, 6) is 0.852. The number of hydrogen-bond donors (Lipinski definition) is 2. The second-order valence-electron chi connectivity index (χ2n) is 6.77. The highest BCUT2D eigenvalue weighted by Gasteiger charge is 2.37. The van der Waals surface area contributed by atoms with Gasteiger partial charge in [-0.05, 0) is 38.0 Å². The van der Waals surface area contributed by atoms with E-state index in [4.69, 9.17) is 16.3 Å². The molecule has 134 valence electrons. The maximum atomic E-state index is 12.7. The third-order valence-electron chi connectivity index (χ3n) is 4.55. The molecule has 24 heavy (non-hydrogen) atoms. The highest BCUT2D eigenvalue weighted by atomic mass is 35.5. The lowest BCUT2D eigenvalue weighted by molar-refractivity contribution is 0.135. The number of ether oxygens (including phenoxy) is 1. The lowest BCUT2D eigenvalue weighted by Gasteiger charge is -2.34. The predicted molar refractivity (Wildman–Crippen MR) is 94.9 cm³/mol. The average Bonchev–Trinajstić information content (AvgIpc) is 2.93. The van der Waals surface area contributed by atoms with Gasteiger partial charge in [0.2, 0.25) is 10.0 Å². The van der Waals surface area contributed by atoms with E-state index in [1.165, 1.54) is 0 Å². The molecule has 0 spiro atoms. The zero-order valence-electron chi connectivity index (χ0n) is 13.8. The predicted octanol–water partition coefficient (Wildman–Crippen LogP) is 1.42. The van der Waals surface area contributed by atoms with Crippen molar-refractivity contribution in [1.82, 2.24) is 14.9 Å². The van der Waals surface area contributed by atoms with Crippen LogP contribution < -0.4 is 15.4 Å². The van der Waals surface area contributed by atoms with Crippen LogP contribution in [0.25, 0.3) is 0 Å². The average molecular weight is 374 g/mol. The second kappa shape index (κ2) is 7.17. The van der Waals surface area contributed by atoms with E-state index in [0.717, 1.165) is 5.75 Å². The van der Waals surface area contributed by atoms with Gasteiger partial charge >= 0.3 is 0 Å². The Kier molecular flexibility index (Phi) is 5.36. The molecule has 3 rings (SSSR count). The number of piperidine rings is 1. The summed E-state index contributed by atoms with van der Waals surface area (Å²) >= 11 is 5.96. The molecule has 2 saturated heterocycles. The van der Waals surface area contributed by atoms with Gasteiger partial charge in [-0.1, -0.05) is 17.7 Å². The van der Waals surface area contributed by atoms with Gasteiger partial charge in [-0.2, -0.15) is 0 Å². The second-order valence-corrected chi connectivity index (χ2v) is 9.18. The molecule has 1 aromatic carbocycles. The Hall–Kier alpha value is -0.860. The Labute approximate surface area is 148 Å². The Morgan fingerprint density at radius 3 is 2.75 bits per heavy atom. The summed E-state index contributed by atoms with van der Waals surface area (Å²) in [7, 11) is -3.27. The normalized spacial score (nSPS) is 26.6. The van der Waals surface area contributed by atoms with Crippen LogP contribution in [0, 0.1) is 0 Å². The fraction of sp³-hybridized carbons (Fsp3) is 0.625. The smallest absolute Gasteiger partial charge is 0.215 e. The van der Waals surface area contributed by atoms with Gasteiger partial charge in [-0.25, -0.2) is 12.7 Å². The van der Waals surface area contributed by atoms with E-state index in [0.29, 0.717) is 44.2 Å². The molecule has 2 N–H and O–H groups in total. The van der Waals surface area contributed by atoms with Crippen molar-refractivity contribution in [2.75, 3.05) is 32.1 Å². The number of sulfonamides is 1. The van der Waals surface area contributed by atoms with E-state index in [-0.39, 0.29) is 11.9 Å². The quantitative estimate of drug-likeness (QED) is 0.816. The Balaban J connectivity index is 1.54. The monoisotopic (exact) mass is 373 g/mol. The van der Waals surface area contributed by atoms with Gasteiger partial charge in [-0.3, -0.25) is 5.32 Å². The highest BCUT2D eigenvalue weighted by Crippen LogP contribution is 2.24. The molecule has 2 fully saturated rings. The number of hydrogen-bond acceptors (Lipinski definition) is 5. The first-order valence-corrected chi connectivity index (χ1v) is 10.2. The molecule has 0 amide bonds. The van der Waals surface area contributed by atoms with Crippen LogP contribution in [-0.4, -0.2) is 56.4 Å². The number of halogens is 1. The first kappa shape index (κ1) is 17.9. The molecule has 2 aliphatic heterocycles. The lowest BCUT2D eigenvalue weighted by Crippen LogP contribution is -2.51. The molecule has 0 aliphatic carbocycles. The molecule has 0 unspecified atom stereocenters. The molecule has 2 aliphatic rings. The Bertz CT molecular complexity index is 669. The van der Waals surface area contributed by atoms with Crippen molar-refractivity contribution in [1.29, 1.82) is 0 Å². The third kappa shape index (κ3) is 4.40.